The maximum Gasteiger partial charge on any atom is 0.127 e. The molecule has 0 spiro atoms. The standard InChI is InChI=1S/C12H9BrFIO/c13-11-6-10(14)7-12(15-11)16-8-9-4-2-1-3-5-9/h1-7H,8H2. The summed E-state index contributed by atoms with van der Waals surface area (Å²) < 4.78 is 20.3. The average molecular weight is 395 g/mol. The van der Waals surface area contributed by atoms with E-state index in [9.17, 15) is 4.39 Å². The number of hydrogen-bond acceptors (Lipinski definition) is 1. The van der Waals surface area contributed by atoms with E-state index in [-0.39, 0.29) is 26.6 Å². The normalized spacial score (nSPS) is 15.8. The van der Waals surface area contributed by atoms with Crippen molar-refractivity contribution in [3.05, 3.63) is 56.4 Å². The topological polar surface area (TPSA) is 9.23 Å². The SMILES string of the molecule is FC1=CC(OCc2ccccc2)=IC(Br)=C1. The van der Waals surface area contributed by atoms with E-state index >= 15 is 0 Å². The van der Waals surface area contributed by atoms with Crippen LogP contribution >= 0.6 is 36.7 Å². The third-order valence-electron chi connectivity index (χ3n) is 1.90. The van der Waals surface area contributed by atoms with Crippen molar-refractivity contribution in [2.24, 2.45) is 0 Å². The van der Waals surface area contributed by atoms with Crippen molar-refractivity contribution >= 4 is 40.4 Å². The van der Waals surface area contributed by atoms with Crippen LogP contribution in [0.4, 0.5) is 4.39 Å². The molecule has 0 radical (unpaired) electrons. The van der Waals surface area contributed by atoms with E-state index in [1.165, 1.54) is 12.2 Å². The third kappa shape index (κ3) is 3.61. The minimum Gasteiger partial charge on any atom is -0.335 e. The Hall–Kier alpha value is -0.330. The summed E-state index contributed by atoms with van der Waals surface area (Å²) in [5, 5.41) is 0. The molecule has 0 saturated heterocycles. The van der Waals surface area contributed by atoms with Crippen LogP contribution in [-0.4, -0.2) is 3.69 Å². The fraction of sp³-hybridized carbons (Fsp3) is 0.0833. The minimum atomic E-state index is -0.384. The zero-order chi connectivity index (χ0) is 11.4. The minimum absolute atomic E-state index is 0.249. The Morgan fingerprint density at radius 2 is 1.94 bits per heavy atom. The molecule has 16 heavy (non-hydrogen) atoms. The van der Waals surface area contributed by atoms with Gasteiger partial charge < -0.3 is 4.74 Å². The maximum atomic E-state index is 13.1. The van der Waals surface area contributed by atoms with Gasteiger partial charge in [-0.15, -0.1) is 0 Å². The highest BCUT2D eigenvalue weighted by Crippen LogP contribution is 2.30. The van der Waals surface area contributed by atoms with Crippen molar-refractivity contribution in [2.45, 2.75) is 6.61 Å². The molecule has 0 N–H and O–H groups in total. The van der Waals surface area contributed by atoms with Gasteiger partial charge >= 0.3 is 0 Å². The van der Waals surface area contributed by atoms with Crippen LogP contribution in [0.2, 0.25) is 0 Å². The molecule has 1 heterocycles. The van der Waals surface area contributed by atoms with Crippen molar-refractivity contribution < 1.29 is 9.13 Å². The number of rotatable bonds is 3. The summed E-state index contributed by atoms with van der Waals surface area (Å²) in [4.78, 5) is 0. The van der Waals surface area contributed by atoms with Gasteiger partial charge in [-0.25, -0.2) is 4.39 Å². The number of ether oxygens (including phenoxy) is 1. The van der Waals surface area contributed by atoms with Crippen LogP contribution in [0.15, 0.2) is 50.8 Å². The molecule has 0 atom stereocenters. The quantitative estimate of drug-likeness (QED) is 0.690. The molecule has 0 amide bonds. The lowest BCUT2D eigenvalue weighted by molar-refractivity contribution is 0.304. The smallest absolute Gasteiger partial charge is 0.127 e. The predicted octanol–water partition coefficient (Wildman–Crippen LogP) is 4.41. The van der Waals surface area contributed by atoms with Gasteiger partial charge in [0.15, 0.2) is 0 Å². The van der Waals surface area contributed by atoms with Crippen molar-refractivity contribution in [3.8, 4) is 0 Å². The van der Waals surface area contributed by atoms with Gasteiger partial charge in [0.25, 0.3) is 0 Å². The second-order valence-corrected chi connectivity index (χ2v) is 8.24. The number of hydrogen-bond donors (Lipinski definition) is 0. The molecule has 1 aromatic rings. The zero-order valence-corrected chi connectivity index (χ0v) is 12.0. The van der Waals surface area contributed by atoms with Crippen LogP contribution in [0.3, 0.4) is 0 Å². The lowest BCUT2D eigenvalue weighted by Crippen LogP contribution is -2.01. The van der Waals surface area contributed by atoms with Gasteiger partial charge in [-0.05, 0) is 48.3 Å². The lowest BCUT2D eigenvalue weighted by Gasteiger charge is -2.07. The zero-order valence-electron chi connectivity index (χ0n) is 8.29. The predicted molar refractivity (Wildman–Crippen MR) is 76.5 cm³/mol. The Morgan fingerprint density at radius 1 is 1.19 bits per heavy atom. The van der Waals surface area contributed by atoms with Crippen LogP contribution in [-0.2, 0) is 11.3 Å². The number of allylic oxidation sites excluding steroid dienone is 2. The highest BCUT2D eigenvalue weighted by atomic mass is 127. The van der Waals surface area contributed by atoms with Crippen LogP contribution in [0.25, 0.3) is 0 Å². The van der Waals surface area contributed by atoms with E-state index < -0.39 is 0 Å². The molecular weight excluding hydrogens is 386 g/mol. The molecule has 0 fully saturated rings. The van der Waals surface area contributed by atoms with Gasteiger partial charge in [0.2, 0.25) is 0 Å². The molecule has 4 heteroatoms. The maximum absolute atomic E-state index is 13.1. The molecule has 84 valence electrons. The van der Waals surface area contributed by atoms with E-state index in [0.29, 0.717) is 6.61 Å². The first-order valence-corrected chi connectivity index (χ1v) is 7.62. The first-order chi connectivity index (χ1) is 7.74. The molecule has 2 rings (SSSR count). The summed E-state index contributed by atoms with van der Waals surface area (Å²) in [5.41, 5.74) is 1.10. The molecule has 1 aliphatic heterocycles. The van der Waals surface area contributed by atoms with Crippen LogP contribution < -0.4 is 0 Å². The fourth-order valence-corrected chi connectivity index (χ4v) is 4.13. The van der Waals surface area contributed by atoms with Gasteiger partial charge in [0, 0.05) is 6.08 Å². The molecule has 0 aliphatic carbocycles. The molecule has 0 unspecified atom stereocenters. The second kappa shape index (κ2) is 5.84. The summed E-state index contributed by atoms with van der Waals surface area (Å²) in [7, 11) is 0. The monoisotopic (exact) mass is 394 g/mol. The van der Waals surface area contributed by atoms with Gasteiger partial charge in [-0.1, -0.05) is 30.3 Å². The van der Waals surface area contributed by atoms with Crippen molar-refractivity contribution in [1.29, 1.82) is 0 Å². The van der Waals surface area contributed by atoms with Gasteiger partial charge in [0.05, 0.1) is 9.10 Å². The molecule has 0 saturated carbocycles. The molecule has 1 nitrogen and oxygen atoms in total. The van der Waals surface area contributed by atoms with E-state index in [1.807, 2.05) is 30.3 Å². The van der Waals surface area contributed by atoms with E-state index in [0.717, 1.165) is 11.7 Å². The first-order valence-electron chi connectivity index (χ1n) is 4.67. The summed E-state index contributed by atoms with van der Waals surface area (Å²) in [6.45, 7) is 0.500. The van der Waals surface area contributed by atoms with Crippen molar-refractivity contribution in [3.63, 3.8) is 0 Å². The Morgan fingerprint density at radius 3 is 2.62 bits per heavy atom. The summed E-state index contributed by atoms with van der Waals surface area (Å²) in [5.74, 6) is -0.249. The Balaban J connectivity index is 2.00. The van der Waals surface area contributed by atoms with Crippen molar-refractivity contribution in [2.75, 3.05) is 0 Å². The molecule has 0 aromatic heterocycles. The average Bonchev–Trinajstić information content (AvgIpc) is 2.27. The fourth-order valence-electron chi connectivity index (χ4n) is 1.19. The second-order valence-electron chi connectivity index (χ2n) is 3.14. The molecular formula is C12H9BrFIO. The van der Waals surface area contributed by atoms with E-state index in [4.69, 9.17) is 4.74 Å². The first kappa shape index (κ1) is 12.1. The van der Waals surface area contributed by atoms with E-state index in [2.05, 4.69) is 15.9 Å². The molecule has 1 aliphatic rings. The van der Waals surface area contributed by atoms with Gasteiger partial charge in [0.1, 0.15) is 9.52 Å². The van der Waals surface area contributed by atoms with Crippen LogP contribution in [0.5, 0.6) is 0 Å². The Kier molecular flexibility index (Phi) is 4.43. The number of benzene rings is 1. The molecule has 0 bridgehead atoms. The highest BCUT2D eigenvalue weighted by Gasteiger charge is 2.06. The summed E-state index contributed by atoms with van der Waals surface area (Å²) >= 11 is 2.94. The van der Waals surface area contributed by atoms with E-state index in [1.54, 1.807) is 0 Å². The highest BCUT2D eigenvalue weighted by molar-refractivity contribution is 14.2. The third-order valence-corrected chi connectivity index (χ3v) is 5.12. The lowest BCUT2D eigenvalue weighted by atomic mass is 10.2. The van der Waals surface area contributed by atoms with Gasteiger partial charge in [-0.2, -0.15) is 0 Å². The Labute approximate surface area is 112 Å². The largest absolute Gasteiger partial charge is 0.335 e. The van der Waals surface area contributed by atoms with Crippen molar-refractivity contribution in [1.82, 2.24) is 0 Å². The number of halogens is 3. The summed E-state index contributed by atoms with van der Waals surface area (Å²) in [6, 6.07) is 9.87. The van der Waals surface area contributed by atoms with Crippen LogP contribution in [0.1, 0.15) is 5.56 Å². The summed E-state index contributed by atoms with van der Waals surface area (Å²) in [6.07, 6.45) is 2.98. The molecule has 1 aromatic carbocycles. The van der Waals surface area contributed by atoms with Gasteiger partial charge in [-0.3, -0.25) is 0 Å². The Bertz CT molecular complexity index is 462. The van der Waals surface area contributed by atoms with Crippen LogP contribution in [0, 0.1) is 0 Å².